The van der Waals surface area contributed by atoms with Crippen molar-refractivity contribution in [3.8, 4) is 0 Å². The van der Waals surface area contributed by atoms with E-state index in [1.54, 1.807) is 6.07 Å². The van der Waals surface area contributed by atoms with Gasteiger partial charge >= 0.3 is 0 Å². The highest BCUT2D eigenvalue weighted by Crippen LogP contribution is 2.26. The van der Waals surface area contributed by atoms with Crippen LogP contribution in [0.3, 0.4) is 0 Å². The number of aryl methyl sites for hydroxylation is 1. The molecule has 4 rings (SSSR count). The lowest BCUT2D eigenvalue weighted by Gasteiger charge is -2.12. The van der Waals surface area contributed by atoms with E-state index in [-0.39, 0.29) is 30.7 Å². The molecule has 0 saturated carbocycles. The number of halogens is 2. The van der Waals surface area contributed by atoms with Gasteiger partial charge in [0.2, 0.25) is 0 Å². The molecule has 0 radical (unpaired) electrons. The molecule has 3 aromatic rings. The summed E-state index contributed by atoms with van der Waals surface area (Å²) < 4.78 is 19.1. The monoisotopic (exact) mass is 364 g/mol. The molecule has 8 heteroatoms. The van der Waals surface area contributed by atoms with Gasteiger partial charge in [0.1, 0.15) is 17.2 Å². The van der Waals surface area contributed by atoms with E-state index in [1.807, 2.05) is 6.92 Å². The van der Waals surface area contributed by atoms with Crippen molar-refractivity contribution in [3.05, 3.63) is 52.3 Å². The second-order valence-corrected chi connectivity index (χ2v) is 5.93. The molecule has 1 amide bonds. The SMILES string of the molecule is Cc1c(CNC(=O)c2n[nH]c3c2CNCC3)oc2ccc(F)cc12.Cl. The van der Waals surface area contributed by atoms with Crippen LogP contribution in [0.5, 0.6) is 0 Å². The molecule has 3 heterocycles. The number of aromatic nitrogens is 2. The number of hydrogen-bond acceptors (Lipinski definition) is 4. The summed E-state index contributed by atoms with van der Waals surface area (Å²) in [6.45, 7) is 3.60. The number of furan rings is 1. The number of nitrogens with one attached hydrogen (secondary N) is 3. The first-order chi connectivity index (χ1) is 11.6. The zero-order valence-electron chi connectivity index (χ0n) is 13.6. The van der Waals surface area contributed by atoms with E-state index < -0.39 is 0 Å². The molecule has 0 atom stereocenters. The summed E-state index contributed by atoms with van der Waals surface area (Å²) in [5.41, 5.74) is 3.78. The normalized spacial score (nSPS) is 13.4. The fraction of sp³-hybridized carbons (Fsp3) is 0.294. The van der Waals surface area contributed by atoms with Crippen molar-refractivity contribution in [1.29, 1.82) is 0 Å². The highest BCUT2D eigenvalue weighted by atomic mass is 35.5. The van der Waals surface area contributed by atoms with E-state index in [0.717, 1.165) is 35.2 Å². The van der Waals surface area contributed by atoms with Gasteiger partial charge in [-0.25, -0.2) is 4.39 Å². The zero-order valence-corrected chi connectivity index (χ0v) is 14.4. The number of H-pyrrole nitrogens is 1. The Morgan fingerprint density at radius 3 is 3.12 bits per heavy atom. The number of rotatable bonds is 3. The number of fused-ring (bicyclic) bond motifs is 2. The Bertz CT molecular complexity index is 934. The van der Waals surface area contributed by atoms with E-state index in [4.69, 9.17) is 4.42 Å². The predicted molar refractivity (Wildman–Crippen MR) is 93.3 cm³/mol. The molecule has 2 aromatic heterocycles. The van der Waals surface area contributed by atoms with Crippen molar-refractivity contribution in [2.75, 3.05) is 6.54 Å². The van der Waals surface area contributed by atoms with Crippen LogP contribution in [0.25, 0.3) is 11.0 Å². The molecule has 0 saturated heterocycles. The van der Waals surface area contributed by atoms with Crippen LogP contribution in [0.15, 0.2) is 22.6 Å². The summed E-state index contributed by atoms with van der Waals surface area (Å²) >= 11 is 0. The molecule has 132 valence electrons. The summed E-state index contributed by atoms with van der Waals surface area (Å²) in [4.78, 5) is 12.4. The molecule has 0 aliphatic carbocycles. The number of amides is 1. The molecule has 0 spiro atoms. The second kappa shape index (κ2) is 6.85. The fourth-order valence-electron chi connectivity index (χ4n) is 3.07. The number of aromatic amines is 1. The van der Waals surface area contributed by atoms with Crippen molar-refractivity contribution in [3.63, 3.8) is 0 Å². The van der Waals surface area contributed by atoms with Gasteiger partial charge < -0.3 is 15.1 Å². The third-order valence-electron chi connectivity index (χ3n) is 4.43. The van der Waals surface area contributed by atoms with E-state index >= 15 is 0 Å². The molecule has 6 nitrogen and oxygen atoms in total. The summed E-state index contributed by atoms with van der Waals surface area (Å²) in [7, 11) is 0. The molecular weight excluding hydrogens is 347 g/mol. The van der Waals surface area contributed by atoms with E-state index in [9.17, 15) is 9.18 Å². The van der Waals surface area contributed by atoms with Crippen LogP contribution in [0.4, 0.5) is 4.39 Å². The summed E-state index contributed by atoms with van der Waals surface area (Å²) in [5, 5.41) is 13.8. The highest BCUT2D eigenvalue weighted by molar-refractivity contribution is 5.94. The van der Waals surface area contributed by atoms with Crippen LogP contribution in [0, 0.1) is 12.7 Å². The van der Waals surface area contributed by atoms with E-state index in [1.165, 1.54) is 12.1 Å². The van der Waals surface area contributed by atoms with E-state index in [0.29, 0.717) is 23.6 Å². The smallest absolute Gasteiger partial charge is 0.272 e. The average molecular weight is 365 g/mol. The first-order valence-electron chi connectivity index (χ1n) is 7.86. The largest absolute Gasteiger partial charge is 0.459 e. The lowest BCUT2D eigenvalue weighted by Crippen LogP contribution is -2.28. The van der Waals surface area contributed by atoms with Crippen LogP contribution in [-0.2, 0) is 19.5 Å². The Kier molecular flexibility index (Phi) is 4.78. The van der Waals surface area contributed by atoms with Gasteiger partial charge in [0, 0.05) is 41.7 Å². The minimum Gasteiger partial charge on any atom is -0.459 e. The third kappa shape index (κ3) is 3.12. The average Bonchev–Trinajstić information content (AvgIpc) is 3.15. The molecule has 1 aromatic carbocycles. The number of carbonyl (C=O) groups excluding carboxylic acids is 1. The standard InChI is InChI=1S/C17H17FN4O2.ClH/c1-9-11-6-10(18)2-3-14(11)24-15(9)8-20-17(23)16-12-7-19-5-4-13(12)21-22-16;/h2-3,6,19H,4-5,7-8H2,1H3,(H,20,23)(H,21,22);1H. The van der Waals surface area contributed by atoms with Crippen molar-refractivity contribution < 1.29 is 13.6 Å². The molecule has 1 aliphatic heterocycles. The summed E-state index contributed by atoms with van der Waals surface area (Å²) in [6, 6.07) is 4.39. The van der Waals surface area contributed by atoms with Crippen molar-refractivity contribution in [2.24, 2.45) is 0 Å². The molecule has 0 unspecified atom stereocenters. The first kappa shape index (κ1) is 17.4. The quantitative estimate of drug-likeness (QED) is 0.667. The first-order valence-corrected chi connectivity index (χ1v) is 7.86. The van der Waals surface area contributed by atoms with Crippen LogP contribution in [0.2, 0.25) is 0 Å². The van der Waals surface area contributed by atoms with Crippen LogP contribution in [-0.4, -0.2) is 22.6 Å². The lowest BCUT2D eigenvalue weighted by atomic mass is 10.1. The van der Waals surface area contributed by atoms with Gasteiger partial charge in [0.25, 0.3) is 5.91 Å². The number of carbonyl (C=O) groups is 1. The van der Waals surface area contributed by atoms with Crippen LogP contribution >= 0.6 is 12.4 Å². The second-order valence-electron chi connectivity index (χ2n) is 5.93. The Labute approximate surface area is 149 Å². The molecule has 25 heavy (non-hydrogen) atoms. The van der Waals surface area contributed by atoms with Gasteiger partial charge in [-0.2, -0.15) is 5.10 Å². The predicted octanol–water partition coefficient (Wildman–Crippen LogP) is 2.60. The third-order valence-corrected chi connectivity index (χ3v) is 4.43. The van der Waals surface area contributed by atoms with E-state index in [2.05, 4.69) is 20.8 Å². The van der Waals surface area contributed by atoms with Crippen molar-refractivity contribution in [2.45, 2.75) is 26.4 Å². The summed E-state index contributed by atoms with van der Waals surface area (Å²) in [5.74, 6) is 0.0614. The zero-order chi connectivity index (χ0) is 16.7. The maximum atomic E-state index is 13.4. The minimum atomic E-state index is -0.308. The molecular formula is C17H18ClFN4O2. The molecule has 1 aliphatic rings. The Morgan fingerprint density at radius 2 is 2.28 bits per heavy atom. The minimum absolute atomic E-state index is 0. The Balaban J connectivity index is 0.00000182. The molecule has 0 bridgehead atoms. The van der Waals surface area contributed by atoms with Gasteiger partial charge in [0.15, 0.2) is 5.69 Å². The molecule has 0 fully saturated rings. The van der Waals surface area contributed by atoms with Crippen molar-refractivity contribution in [1.82, 2.24) is 20.8 Å². The summed E-state index contributed by atoms with van der Waals surface area (Å²) in [6.07, 6.45) is 0.837. The topological polar surface area (TPSA) is 83.0 Å². The van der Waals surface area contributed by atoms with Gasteiger partial charge in [-0.05, 0) is 25.1 Å². The van der Waals surface area contributed by atoms with Crippen molar-refractivity contribution >= 4 is 29.3 Å². The highest BCUT2D eigenvalue weighted by Gasteiger charge is 2.22. The van der Waals surface area contributed by atoms with Gasteiger partial charge in [-0.3, -0.25) is 9.89 Å². The van der Waals surface area contributed by atoms with Gasteiger partial charge in [-0.15, -0.1) is 12.4 Å². The number of benzene rings is 1. The lowest BCUT2D eigenvalue weighted by molar-refractivity contribution is 0.0942. The van der Waals surface area contributed by atoms with Crippen LogP contribution in [0.1, 0.15) is 33.1 Å². The number of hydrogen-bond donors (Lipinski definition) is 3. The maximum absolute atomic E-state index is 13.4. The maximum Gasteiger partial charge on any atom is 0.272 e. The number of nitrogens with zero attached hydrogens (tertiary/aromatic N) is 1. The fourth-order valence-corrected chi connectivity index (χ4v) is 3.07. The molecule has 3 N–H and O–H groups in total. The Hall–Kier alpha value is -2.38. The van der Waals surface area contributed by atoms with Gasteiger partial charge in [-0.1, -0.05) is 0 Å². The Morgan fingerprint density at radius 1 is 1.44 bits per heavy atom. The van der Waals surface area contributed by atoms with Gasteiger partial charge in [0.05, 0.1) is 6.54 Å². The van der Waals surface area contributed by atoms with Crippen LogP contribution < -0.4 is 10.6 Å².